The van der Waals surface area contributed by atoms with E-state index in [0.29, 0.717) is 52.0 Å². The first-order valence-electron chi connectivity index (χ1n) is 17.5. The molecule has 0 heterocycles. The number of hydrogen-bond acceptors (Lipinski definition) is 10. The number of alkyl carbamates (subject to hydrolysis) is 2. The maximum atomic E-state index is 13.2. The van der Waals surface area contributed by atoms with Crippen LogP contribution in [0, 0.1) is 0 Å². The van der Waals surface area contributed by atoms with Gasteiger partial charge in [0.25, 0.3) is 5.91 Å². The summed E-state index contributed by atoms with van der Waals surface area (Å²) < 4.78 is 28.0. The maximum absolute atomic E-state index is 13.2. The van der Waals surface area contributed by atoms with E-state index in [1.807, 2.05) is 26.9 Å². The monoisotopic (exact) mass is 717 g/mol. The van der Waals surface area contributed by atoms with E-state index in [0.717, 1.165) is 12.8 Å². The molecule has 4 amide bonds. The Balaban J connectivity index is 5.07. The molecular formula is C34H67N5O9Si. The predicted molar refractivity (Wildman–Crippen MR) is 194 cm³/mol. The topological polar surface area (TPSA) is 175 Å². The number of nitrogens with one attached hydrogen (secondary N) is 4. The van der Waals surface area contributed by atoms with Crippen LogP contribution in [0.25, 0.3) is 0 Å². The lowest BCUT2D eigenvalue weighted by molar-refractivity contribution is -0.141. The van der Waals surface area contributed by atoms with Crippen molar-refractivity contribution in [2.24, 2.45) is 4.99 Å². The molecule has 0 saturated carbocycles. The van der Waals surface area contributed by atoms with Crippen molar-refractivity contribution in [1.82, 2.24) is 21.3 Å². The van der Waals surface area contributed by atoms with E-state index >= 15 is 0 Å². The molecule has 0 fully saturated rings. The van der Waals surface area contributed by atoms with Gasteiger partial charge in [0.2, 0.25) is 18.1 Å². The molecule has 0 aliphatic rings. The Morgan fingerprint density at radius 1 is 0.735 bits per heavy atom. The molecule has 0 aliphatic heterocycles. The minimum absolute atomic E-state index is 0.0719. The summed E-state index contributed by atoms with van der Waals surface area (Å²) in [6.45, 7) is 26.3. The van der Waals surface area contributed by atoms with Gasteiger partial charge >= 0.3 is 12.2 Å². The lowest BCUT2D eigenvalue weighted by atomic mass is 10.1. The molecule has 0 rings (SSSR count). The standard InChI is InChI=1S/C34H67N5O9Si/c1-14-44-26(45-15-2)22-20-24-35-27(41)28(48-49(12,13)34(9,10)11)37-25(40)21-18-16-17-19-23-36-29(38-30(42)46-32(3,4)5)39-31(43)47-33(6,7)8/h26,28H,14-24H2,1-13H3,(H,35,41)(H,37,40)(H2,36,38,39,42,43). The molecule has 0 saturated heterocycles. The van der Waals surface area contributed by atoms with E-state index in [1.54, 1.807) is 41.5 Å². The number of ether oxygens (including phenoxy) is 4. The zero-order valence-corrected chi connectivity index (χ0v) is 33.6. The van der Waals surface area contributed by atoms with Gasteiger partial charge in [0.1, 0.15) is 11.2 Å². The molecule has 0 aliphatic carbocycles. The molecule has 0 aromatic rings. The van der Waals surface area contributed by atoms with Crippen molar-refractivity contribution >= 4 is 38.3 Å². The molecule has 0 bridgehead atoms. The summed E-state index contributed by atoms with van der Waals surface area (Å²) >= 11 is 0. The van der Waals surface area contributed by atoms with Crippen LogP contribution >= 0.6 is 0 Å². The lowest BCUT2D eigenvalue weighted by Crippen LogP contribution is -2.55. The zero-order chi connectivity index (χ0) is 37.9. The van der Waals surface area contributed by atoms with Gasteiger partial charge in [0.05, 0.1) is 0 Å². The van der Waals surface area contributed by atoms with Gasteiger partial charge in [0.15, 0.2) is 14.6 Å². The number of aliphatic imine (C=N–C) groups is 1. The van der Waals surface area contributed by atoms with Crippen molar-refractivity contribution < 1.29 is 42.6 Å². The first kappa shape index (κ1) is 46.2. The second-order valence-corrected chi connectivity index (χ2v) is 20.0. The highest BCUT2D eigenvalue weighted by molar-refractivity contribution is 6.74. The molecule has 15 heteroatoms. The third-order valence-corrected chi connectivity index (χ3v) is 11.6. The molecule has 0 radical (unpaired) electrons. The van der Waals surface area contributed by atoms with Crippen LogP contribution in [0.1, 0.15) is 121 Å². The van der Waals surface area contributed by atoms with E-state index in [9.17, 15) is 19.2 Å². The van der Waals surface area contributed by atoms with Crippen molar-refractivity contribution in [3.8, 4) is 0 Å². The number of hydrogen-bond donors (Lipinski definition) is 4. The Labute approximate surface area is 296 Å². The molecule has 4 N–H and O–H groups in total. The fourth-order valence-corrected chi connectivity index (χ4v) is 4.96. The van der Waals surface area contributed by atoms with Gasteiger partial charge in [-0.3, -0.25) is 25.2 Å². The third-order valence-electron chi connectivity index (χ3n) is 7.19. The van der Waals surface area contributed by atoms with Gasteiger partial charge in [-0.1, -0.05) is 33.6 Å². The average molecular weight is 718 g/mol. The number of unbranched alkanes of at least 4 members (excludes halogenated alkanes) is 3. The Hall–Kier alpha value is -2.75. The maximum Gasteiger partial charge on any atom is 0.414 e. The molecule has 1 atom stereocenters. The second kappa shape index (κ2) is 22.1. The van der Waals surface area contributed by atoms with Crippen LogP contribution in [0.3, 0.4) is 0 Å². The van der Waals surface area contributed by atoms with Crippen molar-refractivity contribution in [2.75, 3.05) is 26.3 Å². The first-order chi connectivity index (χ1) is 22.5. The quantitative estimate of drug-likeness (QED) is 0.0405. The highest BCUT2D eigenvalue weighted by atomic mass is 28.4. The SMILES string of the molecule is CCOC(CCCNC(=O)C(NC(=O)CCCCCCN=C(NC(=O)OC(C)(C)C)NC(=O)OC(C)(C)C)O[Si](C)(C)C(C)(C)C)OCC. The number of amides is 4. The van der Waals surface area contributed by atoms with Crippen molar-refractivity contribution in [2.45, 2.75) is 163 Å². The van der Waals surface area contributed by atoms with Crippen LogP contribution < -0.4 is 21.3 Å². The van der Waals surface area contributed by atoms with Crippen LogP contribution in [0.4, 0.5) is 9.59 Å². The summed E-state index contributed by atoms with van der Waals surface area (Å²) in [7, 11) is -2.39. The number of carbonyl (C=O) groups is 4. The number of nitrogens with zero attached hydrogens (tertiary/aromatic N) is 1. The highest BCUT2D eigenvalue weighted by Gasteiger charge is 2.41. The Morgan fingerprint density at radius 2 is 1.24 bits per heavy atom. The predicted octanol–water partition coefficient (Wildman–Crippen LogP) is 6.10. The van der Waals surface area contributed by atoms with Crippen LogP contribution in [0.5, 0.6) is 0 Å². The average Bonchev–Trinajstić information content (AvgIpc) is 2.91. The van der Waals surface area contributed by atoms with Gasteiger partial charge in [-0.15, -0.1) is 0 Å². The summed E-state index contributed by atoms with van der Waals surface area (Å²) in [6, 6.07) is 0. The van der Waals surface area contributed by atoms with E-state index in [-0.39, 0.29) is 35.5 Å². The van der Waals surface area contributed by atoms with Crippen molar-refractivity contribution in [3.63, 3.8) is 0 Å². The van der Waals surface area contributed by atoms with Gasteiger partial charge in [0, 0.05) is 39.1 Å². The van der Waals surface area contributed by atoms with E-state index in [4.69, 9.17) is 23.4 Å². The Kier molecular flexibility index (Phi) is 20.9. The Bertz CT molecular complexity index is 1010. The van der Waals surface area contributed by atoms with Crippen LogP contribution in [-0.2, 0) is 33.0 Å². The molecule has 14 nitrogen and oxygen atoms in total. The molecule has 49 heavy (non-hydrogen) atoms. The van der Waals surface area contributed by atoms with Gasteiger partial charge < -0.3 is 34.0 Å². The summed E-state index contributed by atoms with van der Waals surface area (Å²) in [6.07, 6.45) is 1.31. The smallest absolute Gasteiger partial charge is 0.414 e. The highest BCUT2D eigenvalue weighted by Crippen LogP contribution is 2.37. The fourth-order valence-electron chi connectivity index (χ4n) is 3.85. The van der Waals surface area contributed by atoms with E-state index in [1.165, 1.54) is 0 Å². The summed E-state index contributed by atoms with van der Waals surface area (Å²) in [4.78, 5) is 54.9. The minimum Gasteiger partial charge on any atom is -0.444 e. The summed E-state index contributed by atoms with van der Waals surface area (Å²) in [5, 5.41) is 10.5. The largest absolute Gasteiger partial charge is 0.444 e. The normalized spacial score (nSPS) is 12.9. The Morgan fingerprint density at radius 3 is 1.71 bits per heavy atom. The number of carbonyl (C=O) groups excluding carboxylic acids is 4. The first-order valence-corrected chi connectivity index (χ1v) is 20.4. The zero-order valence-electron chi connectivity index (χ0n) is 32.6. The number of rotatable bonds is 19. The summed E-state index contributed by atoms with van der Waals surface area (Å²) in [5.74, 6) is -0.719. The van der Waals surface area contributed by atoms with E-state index < -0.39 is 37.9 Å². The van der Waals surface area contributed by atoms with Crippen molar-refractivity contribution in [3.05, 3.63) is 0 Å². The molecule has 1 unspecified atom stereocenters. The van der Waals surface area contributed by atoms with E-state index in [2.05, 4.69) is 47.0 Å². The van der Waals surface area contributed by atoms with Crippen LogP contribution in [0.2, 0.25) is 18.1 Å². The molecule has 0 aromatic heterocycles. The molecular weight excluding hydrogens is 650 g/mol. The fraction of sp³-hybridized carbons (Fsp3) is 0.853. The third kappa shape index (κ3) is 23.3. The molecule has 0 aromatic carbocycles. The van der Waals surface area contributed by atoms with Crippen molar-refractivity contribution in [1.29, 1.82) is 0 Å². The van der Waals surface area contributed by atoms with Crippen LogP contribution in [-0.4, -0.2) is 88.3 Å². The molecule has 0 spiro atoms. The van der Waals surface area contributed by atoms with Gasteiger partial charge in [-0.05, 0) is 92.8 Å². The molecule has 286 valence electrons. The minimum atomic E-state index is -2.39. The van der Waals surface area contributed by atoms with Crippen LogP contribution in [0.15, 0.2) is 4.99 Å². The second-order valence-electron chi connectivity index (χ2n) is 15.2. The summed E-state index contributed by atoms with van der Waals surface area (Å²) in [5.41, 5.74) is -1.46. The number of guanidine groups is 1. The van der Waals surface area contributed by atoms with Gasteiger partial charge in [-0.25, -0.2) is 9.59 Å². The lowest BCUT2D eigenvalue weighted by Gasteiger charge is -2.38. The van der Waals surface area contributed by atoms with Gasteiger partial charge in [-0.2, -0.15) is 0 Å².